The molecule has 1 amide bonds. The van der Waals surface area contributed by atoms with Crippen molar-refractivity contribution >= 4 is 17.7 Å². The molecule has 112 valence electrons. The van der Waals surface area contributed by atoms with Crippen molar-refractivity contribution in [2.24, 2.45) is 7.05 Å². The van der Waals surface area contributed by atoms with Gasteiger partial charge in [-0.25, -0.2) is 0 Å². The number of nitrogens with zero attached hydrogens (tertiary/aromatic N) is 2. The summed E-state index contributed by atoms with van der Waals surface area (Å²) in [7, 11) is 1.88. The molecule has 1 fully saturated rings. The molecular weight excluding hydrogens is 270 g/mol. The molecule has 1 saturated carbocycles. The molecule has 0 aromatic carbocycles. The minimum atomic E-state index is 0.0419. The van der Waals surface area contributed by atoms with Gasteiger partial charge in [-0.1, -0.05) is 13.3 Å². The normalized spacial score (nSPS) is 22.8. The molecule has 0 radical (unpaired) electrons. The van der Waals surface area contributed by atoms with E-state index in [9.17, 15) is 4.79 Å². The lowest BCUT2D eigenvalue weighted by Gasteiger charge is -2.29. The fraction of sp³-hybridized carbons (Fsp3) is 0.733. The summed E-state index contributed by atoms with van der Waals surface area (Å²) in [6, 6.07) is 0.319. The number of carbonyl (C=O) groups excluding carboxylic acids is 1. The number of nitrogens with one attached hydrogen (secondary N) is 1. The van der Waals surface area contributed by atoms with E-state index in [1.54, 1.807) is 4.68 Å². The van der Waals surface area contributed by atoms with Crippen LogP contribution in [0.4, 0.5) is 0 Å². The predicted octanol–water partition coefficient (Wildman–Crippen LogP) is 2.83. The summed E-state index contributed by atoms with van der Waals surface area (Å²) in [6.07, 6.45) is 4.71. The third kappa shape index (κ3) is 3.37. The van der Waals surface area contributed by atoms with E-state index in [0.717, 1.165) is 35.5 Å². The van der Waals surface area contributed by atoms with E-state index >= 15 is 0 Å². The fourth-order valence-electron chi connectivity index (χ4n) is 3.02. The van der Waals surface area contributed by atoms with Gasteiger partial charge in [-0.05, 0) is 38.9 Å². The van der Waals surface area contributed by atoms with Crippen molar-refractivity contribution in [1.29, 1.82) is 0 Å². The summed E-state index contributed by atoms with van der Waals surface area (Å²) in [5.41, 5.74) is 2.51. The number of aryl methyl sites for hydroxylation is 2. The van der Waals surface area contributed by atoms with E-state index in [1.807, 2.05) is 32.7 Å². The molecule has 1 aliphatic rings. The van der Waals surface area contributed by atoms with Crippen LogP contribution in [-0.2, 0) is 7.05 Å². The third-order valence-corrected chi connectivity index (χ3v) is 5.33. The van der Waals surface area contributed by atoms with E-state index < -0.39 is 0 Å². The molecule has 1 aromatic rings. The van der Waals surface area contributed by atoms with Gasteiger partial charge in [0.2, 0.25) is 0 Å². The summed E-state index contributed by atoms with van der Waals surface area (Å²) in [6.45, 7) is 6.05. The molecule has 4 nitrogen and oxygen atoms in total. The monoisotopic (exact) mass is 295 g/mol. The zero-order valence-electron chi connectivity index (χ0n) is 12.9. The van der Waals surface area contributed by atoms with Gasteiger partial charge in [0.15, 0.2) is 0 Å². The molecule has 0 spiro atoms. The quantitative estimate of drug-likeness (QED) is 0.929. The van der Waals surface area contributed by atoms with E-state index in [-0.39, 0.29) is 5.91 Å². The lowest BCUT2D eigenvalue weighted by atomic mass is 9.94. The molecule has 0 saturated heterocycles. The van der Waals surface area contributed by atoms with Crippen LogP contribution in [0.5, 0.6) is 0 Å². The van der Waals surface area contributed by atoms with Crippen molar-refractivity contribution in [2.75, 3.05) is 5.75 Å². The number of aromatic nitrogens is 2. The van der Waals surface area contributed by atoms with Gasteiger partial charge >= 0.3 is 0 Å². The van der Waals surface area contributed by atoms with Gasteiger partial charge < -0.3 is 5.32 Å². The lowest BCUT2D eigenvalue weighted by Crippen LogP contribution is -2.39. The maximum atomic E-state index is 12.5. The van der Waals surface area contributed by atoms with Gasteiger partial charge in [0.05, 0.1) is 11.3 Å². The third-order valence-electron chi connectivity index (χ3n) is 4.10. The van der Waals surface area contributed by atoms with Crippen LogP contribution in [-0.4, -0.2) is 32.7 Å². The van der Waals surface area contributed by atoms with Gasteiger partial charge in [-0.3, -0.25) is 9.48 Å². The van der Waals surface area contributed by atoms with Crippen molar-refractivity contribution in [1.82, 2.24) is 15.1 Å². The first kappa shape index (κ1) is 15.4. The molecule has 0 unspecified atom stereocenters. The van der Waals surface area contributed by atoms with Crippen LogP contribution < -0.4 is 5.32 Å². The summed E-state index contributed by atoms with van der Waals surface area (Å²) in [5, 5.41) is 8.24. The highest BCUT2D eigenvalue weighted by Gasteiger charge is 2.25. The predicted molar refractivity (Wildman–Crippen MR) is 84.3 cm³/mol. The number of carbonyl (C=O) groups is 1. The molecule has 2 atom stereocenters. The minimum Gasteiger partial charge on any atom is -0.349 e. The van der Waals surface area contributed by atoms with Crippen LogP contribution in [0.1, 0.15) is 54.4 Å². The van der Waals surface area contributed by atoms with E-state index in [0.29, 0.717) is 11.3 Å². The Morgan fingerprint density at radius 3 is 2.80 bits per heavy atom. The average Bonchev–Trinajstić information content (AvgIpc) is 2.64. The zero-order chi connectivity index (χ0) is 14.7. The number of amides is 1. The molecule has 0 bridgehead atoms. The van der Waals surface area contributed by atoms with Crippen LogP contribution in [0.3, 0.4) is 0 Å². The van der Waals surface area contributed by atoms with Crippen molar-refractivity contribution in [3.8, 4) is 0 Å². The Kier molecular flexibility index (Phi) is 5.13. The van der Waals surface area contributed by atoms with E-state index in [4.69, 9.17) is 0 Å². The summed E-state index contributed by atoms with van der Waals surface area (Å²) >= 11 is 2.02. The standard InChI is InChI=1S/C15H25N3OS/c1-5-20-13-8-6-7-12(9-13)16-15(19)14-10(2)17-18(4)11(14)3/h12-13H,5-9H2,1-4H3,(H,16,19)/t12-,13-/m1/s1. The second-order valence-corrected chi connectivity index (χ2v) is 7.16. The van der Waals surface area contributed by atoms with Gasteiger partial charge in [0, 0.05) is 24.0 Å². The van der Waals surface area contributed by atoms with E-state index in [1.165, 1.54) is 12.8 Å². The largest absolute Gasteiger partial charge is 0.349 e. The summed E-state index contributed by atoms with van der Waals surface area (Å²) in [4.78, 5) is 12.5. The van der Waals surface area contributed by atoms with Gasteiger partial charge in [-0.2, -0.15) is 16.9 Å². The number of thioether (sulfide) groups is 1. The first-order valence-corrected chi connectivity index (χ1v) is 8.50. The Morgan fingerprint density at radius 1 is 1.45 bits per heavy atom. The maximum Gasteiger partial charge on any atom is 0.255 e. The highest BCUT2D eigenvalue weighted by molar-refractivity contribution is 7.99. The molecular formula is C15H25N3OS. The summed E-state index contributed by atoms with van der Waals surface area (Å²) in [5.74, 6) is 1.20. The minimum absolute atomic E-state index is 0.0419. The highest BCUT2D eigenvalue weighted by atomic mass is 32.2. The molecule has 2 rings (SSSR count). The second kappa shape index (κ2) is 6.66. The van der Waals surface area contributed by atoms with Gasteiger partial charge in [0.1, 0.15) is 0 Å². The zero-order valence-corrected chi connectivity index (χ0v) is 13.7. The topological polar surface area (TPSA) is 46.9 Å². The lowest BCUT2D eigenvalue weighted by molar-refractivity contribution is 0.0927. The maximum absolute atomic E-state index is 12.5. The molecule has 20 heavy (non-hydrogen) atoms. The Morgan fingerprint density at radius 2 is 2.20 bits per heavy atom. The molecule has 1 N–H and O–H groups in total. The fourth-order valence-corrected chi connectivity index (χ4v) is 4.20. The first-order chi connectivity index (χ1) is 9.52. The Hall–Kier alpha value is -0.970. The Bertz CT molecular complexity index is 482. The Labute approximate surface area is 125 Å². The number of rotatable bonds is 4. The SMILES string of the molecule is CCS[C@@H]1CCC[C@@H](NC(=O)c2c(C)nn(C)c2C)C1. The second-order valence-electron chi connectivity index (χ2n) is 5.58. The molecule has 1 aliphatic carbocycles. The van der Waals surface area contributed by atoms with Crippen LogP contribution in [0.25, 0.3) is 0 Å². The van der Waals surface area contributed by atoms with Crippen LogP contribution in [0.15, 0.2) is 0 Å². The van der Waals surface area contributed by atoms with Crippen molar-refractivity contribution in [3.05, 3.63) is 17.0 Å². The molecule has 1 heterocycles. The van der Waals surface area contributed by atoms with Crippen LogP contribution in [0.2, 0.25) is 0 Å². The average molecular weight is 295 g/mol. The van der Waals surface area contributed by atoms with Crippen molar-refractivity contribution < 1.29 is 4.79 Å². The first-order valence-electron chi connectivity index (χ1n) is 7.45. The molecule has 0 aliphatic heterocycles. The van der Waals surface area contributed by atoms with Crippen LogP contribution in [0, 0.1) is 13.8 Å². The van der Waals surface area contributed by atoms with Crippen LogP contribution >= 0.6 is 11.8 Å². The highest BCUT2D eigenvalue weighted by Crippen LogP contribution is 2.28. The van der Waals surface area contributed by atoms with Gasteiger partial charge in [0.25, 0.3) is 5.91 Å². The molecule has 5 heteroatoms. The number of hydrogen-bond donors (Lipinski definition) is 1. The Balaban J connectivity index is 2.00. The van der Waals surface area contributed by atoms with Crippen molar-refractivity contribution in [2.45, 2.75) is 57.7 Å². The van der Waals surface area contributed by atoms with Crippen molar-refractivity contribution in [3.63, 3.8) is 0 Å². The number of hydrogen-bond acceptors (Lipinski definition) is 3. The van der Waals surface area contributed by atoms with E-state index in [2.05, 4.69) is 17.3 Å². The smallest absolute Gasteiger partial charge is 0.255 e. The summed E-state index contributed by atoms with van der Waals surface area (Å²) < 4.78 is 1.78. The van der Waals surface area contributed by atoms with Gasteiger partial charge in [-0.15, -0.1) is 0 Å². The molecule has 1 aromatic heterocycles.